The third-order valence-electron chi connectivity index (χ3n) is 4.23. The maximum Gasteiger partial charge on any atom is 0.228 e. The van der Waals surface area contributed by atoms with Gasteiger partial charge in [-0.05, 0) is 35.9 Å². The summed E-state index contributed by atoms with van der Waals surface area (Å²) >= 11 is 6.12. The summed E-state index contributed by atoms with van der Waals surface area (Å²) in [7, 11) is 0. The van der Waals surface area contributed by atoms with Gasteiger partial charge < -0.3 is 14.5 Å². The van der Waals surface area contributed by atoms with Gasteiger partial charge in [-0.25, -0.2) is 4.98 Å². The van der Waals surface area contributed by atoms with Crippen LogP contribution in [0.2, 0.25) is 5.02 Å². The number of hydrogen-bond donors (Lipinski definition) is 1. The Balaban J connectivity index is 1.38. The molecule has 4 aromatic rings. The molecule has 4 rings (SSSR count). The van der Waals surface area contributed by atoms with Crippen LogP contribution in [0.3, 0.4) is 0 Å². The summed E-state index contributed by atoms with van der Waals surface area (Å²) < 4.78 is 7.78. The van der Waals surface area contributed by atoms with Crippen LogP contribution in [0.4, 0.5) is 5.69 Å². The predicted molar refractivity (Wildman–Crippen MR) is 110 cm³/mol. The highest BCUT2D eigenvalue weighted by Crippen LogP contribution is 2.20. The van der Waals surface area contributed by atoms with Gasteiger partial charge in [0.2, 0.25) is 5.91 Å². The first-order chi connectivity index (χ1) is 13.7. The molecule has 140 valence electrons. The van der Waals surface area contributed by atoms with Gasteiger partial charge in [-0.3, -0.25) is 4.79 Å². The lowest BCUT2D eigenvalue weighted by molar-refractivity contribution is -0.115. The van der Waals surface area contributed by atoms with Crippen LogP contribution in [-0.2, 0) is 17.8 Å². The van der Waals surface area contributed by atoms with Crippen molar-refractivity contribution in [3.8, 4) is 5.75 Å². The first-order valence-corrected chi connectivity index (χ1v) is 9.24. The minimum Gasteiger partial charge on any atom is -0.487 e. The molecule has 0 aliphatic carbocycles. The molecule has 0 atom stereocenters. The molecule has 0 aliphatic rings. The molecular formula is C22H18ClN3O2. The highest BCUT2D eigenvalue weighted by Gasteiger charge is 2.08. The van der Waals surface area contributed by atoms with Crippen LogP contribution >= 0.6 is 11.6 Å². The van der Waals surface area contributed by atoms with Gasteiger partial charge in [-0.1, -0.05) is 41.9 Å². The van der Waals surface area contributed by atoms with Crippen molar-refractivity contribution in [1.82, 2.24) is 9.38 Å². The molecule has 0 unspecified atom stereocenters. The van der Waals surface area contributed by atoms with Crippen molar-refractivity contribution >= 4 is 28.8 Å². The summed E-state index contributed by atoms with van der Waals surface area (Å²) in [5, 5.41) is 3.47. The number of halogens is 1. The van der Waals surface area contributed by atoms with Crippen LogP contribution in [0.15, 0.2) is 79.1 Å². The highest BCUT2D eigenvalue weighted by molar-refractivity contribution is 6.31. The maximum absolute atomic E-state index is 12.3. The summed E-state index contributed by atoms with van der Waals surface area (Å²) in [6, 6.07) is 20.5. The van der Waals surface area contributed by atoms with Gasteiger partial charge in [0.1, 0.15) is 18.0 Å². The van der Waals surface area contributed by atoms with E-state index in [0.717, 1.165) is 16.9 Å². The summed E-state index contributed by atoms with van der Waals surface area (Å²) in [6.45, 7) is 0.346. The Morgan fingerprint density at radius 3 is 2.79 bits per heavy atom. The minimum absolute atomic E-state index is 0.134. The lowest BCUT2D eigenvalue weighted by Gasteiger charge is -2.09. The second-order valence-electron chi connectivity index (χ2n) is 6.33. The quantitative estimate of drug-likeness (QED) is 0.516. The van der Waals surface area contributed by atoms with Crippen LogP contribution in [0.5, 0.6) is 5.75 Å². The largest absolute Gasteiger partial charge is 0.487 e. The summed E-state index contributed by atoms with van der Waals surface area (Å²) in [5.74, 6) is 0.526. The van der Waals surface area contributed by atoms with Gasteiger partial charge in [-0.15, -0.1) is 0 Å². The van der Waals surface area contributed by atoms with Crippen LogP contribution in [0.1, 0.15) is 11.3 Å². The van der Waals surface area contributed by atoms with E-state index in [9.17, 15) is 4.79 Å². The van der Waals surface area contributed by atoms with E-state index in [1.165, 1.54) is 0 Å². The monoisotopic (exact) mass is 391 g/mol. The molecule has 0 fully saturated rings. The van der Waals surface area contributed by atoms with Crippen LogP contribution in [-0.4, -0.2) is 15.3 Å². The van der Waals surface area contributed by atoms with Crippen molar-refractivity contribution in [3.05, 3.63) is 95.4 Å². The summed E-state index contributed by atoms with van der Waals surface area (Å²) in [4.78, 5) is 16.8. The molecule has 0 bridgehead atoms. The lowest BCUT2D eigenvalue weighted by Crippen LogP contribution is -2.14. The highest BCUT2D eigenvalue weighted by atomic mass is 35.5. The Morgan fingerprint density at radius 2 is 1.93 bits per heavy atom. The Hall–Kier alpha value is -3.31. The number of amides is 1. The van der Waals surface area contributed by atoms with E-state index in [-0.39, 0.29) is 12.3 Å². The van der Waals surface area contributed by atoms with E-state index >= 15 is 0 Å². The van der Waals surface area contributed by atoms with Gasteiger partial charge in [0.25, 0.3) is 0 Å². The molecule has 0 spiro atoms. The average Bonchev–Trinajstić information content (AvgIpc) is 3.11. The molecule has 5 nitrogen and oxygen atoms in total. The topological polar surface area (TPSA) is 55.6 Å². The number of anilines is 1. The van der Waals surface area contributed by atoms with E-state index in [1.807, 2.05) is 71.4 Å². The SMILES string of the molecule is O=C(Cc1ccccc1Cl)Nc1cccc(OCc2cn3ccccc3n2)c1. The fraction of sp³-hybridized carbons (Fsp3) is 0.0909. The Morgan fingerprint density at radius 1 is 1.07 bits per heavy atom. The molecule has 1 amide bonds. The molecular weight excluding hydrogens is 374 g/mol. The molecule has 28 heavy (non-hydrogen) atoms. The number of nitrogens with zero attached hydrogens (tertiary/aromatic N) is 2. The Kier molecular flexibility index (Phi) is 5.26. The lowest BCUT2D eigenvalue weighted by atomic mass is 10.1. The van der Waals surface area contributed by atoms with Crippen molar-refractivity contribution in [3.63, 3.8) is 0 Å². The van der Waals surface area contributed by atoms with Crippen molar-refractivity contribution in [2.75, 3.05) is 5.32 Å². The number of nitrogens with one attached hydrogen (secondary N) is 1. The molecule has 6 heteroatoms. The number of carbonyl (C=O) groups is 1. The Bertz CT molecular complexity index is 1090. The van der Waals surface area contributed by atoms with Gasteiger partial charge >= 0.3 is 0 Å². The molecule has 2 aromatic heterocycles. The van der Waals surface area contributed by atoms with Crippen LogP contribution in [0.25, 0.3) is 5.65 Å². The number of aromatic nitrogens is 2. The maximum atomic E-state index is 12.3. The number of pyridine rings is 1. The van der Waals surface area contributed by atoms with E-state index < -0.39 is 0 Å². The fourth-order valence-electron chi connectivity index (χ4n) is 2.90. The van der Waals surface area contributed by atoms with Gasteiger partial charge in [-0.2, -0.15) is 0 Å². The second-order valence-corrected chi connectivity index (χ2v) is 6.74. The zero-order valence-electron chi connectivity index (χ0n) is 15.0. The van der Waals surface area contributed by atoms with E-state index in [0.29, 0.717) is 23.1 Å². The first-order valence-electron chi connectivity index (χ1n) is 8.86. The smallest absolute Gasteiger partial charge is 0.228 e. The number of imidazole rings is 1. The van der Waals surface area contributed by atoms with Crippen molar-refractivity contribution in [1.29, 1.82) is 0 Å². The number of fused-ring (bicyclic) bond motifs is 1. The fourth-order valence-corrected chi connectivity index (χ4v) is 3.10. The van der Waals surface area contributed by atoms with Crippen molar-refractivity contribution in [2.24, 2.45) is 0 Å². The number of ether oxygens (including phenoxy) is 1. The van der Waals surface area contributed by atoms with Crippen LogP contribution in [0, 0.1) is 0 Å². The number of hydrogen-bond acceptors (Lipinski definition) is 3. The van der Waals surface area contributed by atoms with Gasteiger partial charge in [0.15, 0.2) is 0 Å². The number of rotatable bonds is 6. The molecule has 0 aliphatic heterocycles. The zero-order chi connectivity index (χ0) is 19.3. The minimum atomic E-state index is -0.134. The van der Waals surface area contributed by atoms with Crippen molar-refractivity contribution in [2.45, 2.75) is 13.0 Å². The predicted octanol–water partition coefficient (Wildman–Crippen LogP) is 4.75. The number of benzene rings is 2. The molecule has 2 aromatic carbocycles. The number of carbonyl (C=O) groups excluding carboxylic acids is 1. The normalized spacial score (nSPS) is 10.8. The van der Waals surface area contributed by atoms with Gasteiger partial charge in [0.05, 0.1) is 12.1 Å². The zero-order valence-corrected chi connectivity index (χ0v) is 15.8. The summed E-state index contributed by atoms with van der Waals surface area (Å²) in [6.07, 6.45) is 4.09. The van der Waals surface area contributed by atoms with Crippen molar-refractivity contribution < 1.29 is 9.53 Å². The molecule has 1 N–H and O–H groups in total. The van der Waals surface area contributed by atoms with E-state index in [1.54, 1.807) is 12.1 Å². The van der Waals surface area contributed by atoms with E-state index in [4.69, 9.17) is 16.3 Å². The summed E-state index contributed by atoms with van der Waals surface area (Å²) in [5.41, 5.74) is 3.17. The molecule has 0 saturated carbocycles. The third kappa shape index (κ3) is 4.32. The first kappa shape index (κ1) is 18.1. The van der Waals surface area contributed by atoms with E-state index in [2.05, 4.69) is 10.3 Å². The molecule has 0 radical (unpaired) electrons. The van der Waals surface area contributed by atoms with Crippen LogP contribution < -0.4 is 10.1 Å². The third-order valence-corrected chi connectivity index (χ3v) is 4.60. The molecule has 2 heterocycles. The van der Waals surface area contributed by atoms with Gasteiger partial charge in [0, 0.05) is 29.2 Å². The average molecular weight is 392 g/mol. The second kappa shape index (κ2) is 8.15. The Labute approximate surface area is 167 Å². The standard InChI is InChI=1S/C22H18ClN3O2/c23-20-9-2-1-6-16(20)12-22(27)25-17-7-5-8-19(13-17)28-15-18-14-26-11-4-3-10-21(26)24-18/h1-11,13-14H,12,15H2,(H,25,27). The molecule has 0 saturated heterocycles.